The molecule has 2 N–H and O–H groups in total. The zero-order valence-electron chi connectivity index (χ0n) is 14.1. The number of ether oxygens (including phenoxy) is 2. The van der Waals surface area contributed by atoms with Crippen molar-refractivity contribution < 1.29 is 14.3 Å². The molecule has 1 aromatic rings. The Balaban J connectivity index is 0.00000264. The third-order valence-electron chi connectivity index (χ3n) is 4.16. The molecule has 1 aliphatic rings. The van der Waals surface area contributed by atoms with Crippen LogP contribution in [0.3, 0.4) is 0 Å². The molecule has 5 nitrogen and oxygen atoms in total. The molecule has 1 fully saturated rings. The van der Waals surface area contributed by atoms with Crippen LogP contribution in [0.4, 0.5) is 0 Å². The first-order valence-electron chi connectivity index (χ1n) is 7.86. The van der Waals surface area contributed by atoms with Crippen LogP contribution in [0, 0.1) is 5.92 Å². The van der Waals surface area contributed by atoms with E-state index in [0.29, 0.717) is 12.6 Å². The van der Waals surface area contributed by atoms with E-state index in [0.717, 1.165) is 42.9 Å². The van der Waals surface area contributed by atoms with Crippen molar-refractivity contribution in [3.8, 4) is 11.5 Å². The number of piperidine rings is 1. The van der Waals surface area contributed by atoms with Crippen LogP contribution in [0.5, 0.6) is 11.5 Å². The van der Waals surface area contributed by atoms with Gasteiger partial charge in [0, 0.05) is 18.5 Å². The first-order valence-corrected chi connectivity index (χ1v) is 7.86. The molecule has 0 bridgehead atoms. The van der Waals surface area contributed by atoms with Crippen molar-refractivity contribution in [3.05, 3.63) is 23.8 Å². The summed E-state index contributed by atoms with van der Waals surface area (Å²) in [6, 6.07) is 6.28. The van der Waals surface area contributed by atoms with Crippen LogP contribution in [0.15, 0.2) is 18.2 Å². The van der Waals surface area contributed by atoms with Crippen LogP contribution < -0.4 is 20.1 Å². The summed E-state index contributed by atoms with van der Waals surface area (Å²) < 4.78 is 10.5. The van der Waals surface area contributed by atoms with E-state index in [1.807, 2.05) is 18.2 Å². The second-order valence-electron chi connectivity index (χ2n) is 5.81. The summed E-state index contributed by atoms with van der Waals surface area (Å²) in [4.78, 5) is 12.2. The van der Waals surface area contributed by atoms with Crippen molar-refractivity contribution in [3.63, 3.8) is 0 Å². The second-order valence-corrected chi connectivity index (χ2v) is 5.81. The largest absolute Gasteiger partial charge is 0.493 e. The van der Waals surface area contributed by atoms with Crippen LogP contribution in [-0.2, 0) is 11.2 Å². The fraction of sp³-hybridized carbons (Fsp3) is 0.588. The molecule has 0 aromatic heterocycles. The van der Waals surface area contributed by atoms with Crippen LogP contribution in [0.25, 0.3) is 0 Å². The highest BCUT2D eigenvalue weighted by Gasteiger charge is 2.24. The summed E-state index contributed by atoms with van der Waals surface area (Å²) in [6.07, 6.45) is 2.63. The van der Waals surface area contributed by atoms with E-state index in [2.05, 4.69) is 17.6 Å². The maximum atomic E-state index is 12.2. The monoisotopic (exact) mass is 342 g/mol. The minimum atomic E-state index is 0. The maximum Gasteiger partial charge on any atom is 0.223 e. The molecule has 1 aromatic carbocycles. The number of methoxy groups -OCH3 is 2. The topological polar surface area (TPSA) is 59.6 Å². The molecule has 0 aliphatic carbocycles. The molecule has 130 valence electrons. The van der Waals surface area contributed by atoms with Crippen molar-refractivity contribution >= 4 is 18.3 Å². The summed E-state index contributed by atoms with van der Waals surface area (Å²) in [5.74, 6) is 1.76. The lowest BCUT2D eigenvalue weighted by molar-refractivity contribution is -0.126. The van der Waals surface area contributed by atoms with Gasteiger partial charge in [0.05, 0.1) is 14.2 Å². The Labute approximate surface area is 144 Å². The minimum Gasteiger partial charge on any atom is -0.493 e. The Morgan fingerprint density at radius 1 is 1.30 bits per heavy atom. The lowest BCUT2D eigenvalue weighted by Gasteiger charge is -2.27. The predicted molar refractivity (Wildman–Crippen MR) is 93.7 cm³/mol. The number of benzene rings is 1. The van der Waals surface area contributed by atoms with Gasteiger partial charge in [0.25, 0.3) is 0 Å². The van der Waals surface area contributed by atoms with Gasteiger partial charge >= 0.3 is 0 Å². The van der Waals surface area contributed by atoms with Gasteiger partial charge in [-0.05, 0) is 50.4 Å². The fourth-order valence-electron chi connectivity index (χ4n) is 2.88. The zero-order chi connectivity index (χ0) is 15.9. The number of rotatable bonds is 6. The number of halogens is 1. The van der Waals surface area contributed by atoms with E-state index in [4.69, 9.17) is 9.47 Å². The van der Waals surface area contributed by atoms with Gasteiger partial charge in [-0.25, -0.2) is 0 Å². The second kappa shape index (κ2) is 9.63. The fourth-order valence-corrected chi connectivity index (χ4v) is 2.88. The van der Waals surface area contributed by atoms with E-state index in [1.54, 1.807) is 14.2 Å². The molecule has 1 aliphatic heterocycles. The van der Waals surface area contributed by atoms with Gasteiger partial charge in [0.2, 0.25) is 5.91 Å². The van der Waals surface area contributed by atoms with Crippen molar-refractivity contribution in [2.45, 2.75) is 32.2 Å². The molecule has 0 unspecified atom stereocenters. The SMILES string of the molecule is COc1ccc(CCNC(=O)[C@H]2CCN[C@@H](C)C2)cc1OC.Cl. The van der Waals surface area contributed by atoms with E-state index in [9.17, 15) is 4.79 Å². The molecule has 1 amide bonds. The van der Waals surface area contributed by atoms with Gasteiger partial charge in [-0.2, -0.15) is 0 Å². The third kappa shape index (κ3) is 5.59. The Bertz CT molecular complexity index is 511. The van der Waals surface area contributed by atoms with Crippen molar-refractivity contribution in [2.75, 3.05) is 27.3 Å². The van der Waals surface area contributed by atoms with Crippen LogP contribution in [0.2, 0.25) is 0 Å². The summed E-state index contributed by atoms with van der Waals surface area (Å²) in [5.41, 5.74) is 1.12. The van der Waals surface area contributed by atoms with E-state index in [-0.39, 0.29) is 24.2 Å². The number of carbonyl (C=O) groups is 1. The predicted octanol–water partition coefficient (Wildman–Crippen LogP) is 2.17. The average Bonchev–Trinajstić information content (AvgIpc) is 2.54. The first-order chi connectivity index (χ1) is 10.6. The lowest BCUT2D eigenvalue weighted by Crippen LogP contribution is -2.42. The summed E-state index contributed by atoms with van der Waals surface area (Å²) in [6.45, 7) is 3.70. The molecular weight excluding hydrogens is 316 g/mol. The van der Waals surface area contributed by atoms with Crippen molar-refractivity contribution in [2.24, 2.45) is 5.92 Å². The molecule has 1 heterocycles. The number of amides is 1. The van der Waals surface area contributed by atoms with E-state index >= 15 is 0 Å². The smallest absolute Gasteiger partial charge is 0.223 e. The first kappa shape index (κ1) is 19.6. The van der Waals surface area contributed by atoms with Crippen LogP contribution >= 0.6 is 12.4 Å². The van der Waals surface area contributed by atoms with Crippen LogP contribution in [0.1, 0.15) is 25.3 Å². The Morgan fingerprint density at radius 3 is 2.70 bits per heavy atom. The molecule has 1 saturated heterocycles. The third-order valence-corrected chi connectivity index (χ3v) is 4.16. The van der Waals surface area contributed by atoms with Gasteiger partial charge in [0.15, 0.2) is 11.5 Å². The number of nitrogens with one attached hydrogen (secondary N) is 2. The Kier molecular flexibility index (Phi) is 8.20. The molecule has 6 heteroatoms. The molecule has 2 atom stereocenters. The Morgan fingerprint density at radius 2 is 2.04 bits per heavy atom. The summed E-state index contributed by atoms with van der Waals surface area (Å²) >= 11 is 0. The van der Waals surface area contributed by atoms with Crippen molar-refractivity contribution in [1.29, 1.82) is 0 Å². The maximum absolute atomic E-state index is 12.2. The summed E-state index contributed by atoms with van der Waals surface area (Å²) in [7, 11) is 3.25. The molecule has 2 rings (SSSR count). The molecule has 0 saturated carbocycles. The number of hydrogen-bond donors (Lipinski definition) is 2. The summed E-state index contributed by atoms with van der Waals surface area (Å²) in [5, 5.41) is 6.42. The standard InChI is InChI=1S/C17H26N2O3.ClH/c1-12-10-14(7-9-18-12)17(20)19-8-6-13-4-5-15(21-2)16(11-13)22-3;/h4-5,11-12,14,18H,6-10H2,1-3H3,(H,19,20);1H/t12-,14-;/m0./s1. The van der Waals surface area contributed by atoms with Gasteiger partial charge in [-0.3, -0.25) is 4.79 Å². The minimum absolute atomic E-state index is 0. The average molecular weight is 343 g/mol. The van der Waals surface area contributed by atoms with Crippen LogP contribution in [-0.4, -0.2) is 39.3 Å². The number of carbonyl (C=O) groups excluding carboxylic acids is 1. The quantitative estimate of drug-likeness (QED) is 0.832. The van der Waals surface area contributed by atoms with E-state index < -0.39 is 0 Å². The van der Waals surface area contributed by atoms with Crippen molar-refractivity contribution in [1.82, 2.24) is 10.6 Å². The highest BCUT2D eigenvalue weighted by molar-refractivity contribution is 5.85. The van der Waals surface area contributed by atoms with Gasteiger partial charge in [-0.1, -0.05) is 6.07 Å². The highest BCUT2D eigenvalue weighted by atomic mass is 35.5. The van der Waals surface area contributed by atoms with Gasteiger partial charge in [-0.15, -0.1) is 12.4 Å². The number of hydrogen-bond acceptors (Lipinski definition) is 4. The molecule has 0 radical (unpaired) electrons. The van der Waals surface area contributed by atoms with E-state index in [1.165, 1.54) is 0 Å². The van der Waals surface area contributed by atoms with Gasteiger partial charge < -0.3 is 20.1 Å². The molecular formula is C17H27ClN2O3. The molecule has 0 spiro atoms. The normalized spacial score (nSPS) is 20.3. The highest BCUT2D eigenvalue weighted by Crippen LogP contribution is 2.27. The van der Waals surface area contributed by atoms with Gasteiger partial charge in [0.1, 0.15) is 0 Å². The molecule has 23 heavy (non-hydrogen) atoms. The Hall–Kier alpha value is -1.46. The lowest BCUT2D eigenvalue weighted by atomic mass is 9.92. The zero-order valence-corrected chi connectivity index (χ0v) is 14.9.